The topological polar surface area (TPSA) is 81.2 Å². The van der Waals surface area contributed by atoms with Crippen LogP contribution in [0, 0.1) is 10.1 Å². The van der Waals surface area contributed by atoms with Crippen LogP contribution >= 0.6 is 11.6 Å². The third-order valence-electron chi connectivity index (χ3n) is 2.28. The summed E-state index contributed by atoms with van der Waals surface area (Å²) in [5.41, 5.74) is -0.0983. The van der Waals surface area contributed by atoms with E-state index in [1.165, 1.54) is 12.1 Å². The summed E-state index contributed by atoms with van der Waals surface area (Å²) in [5.74, 6) is 0.964. The maximum absolute atomic E-state index is 10.8. The van der Waals surface area contributed by atoms with Crippen LogP contribution in [-0.2, 0) is 6.42 Å². The molecule has 2 aromatic rings. The van der Waals surface area contributed by atoms with Crippen molar-refractivity contribution in [1.29, 1.82) is 0 Å². The normalized spacial score (nSPS) is 10.3. The van der Waals surface area contributed by atoms with Gasteiger partial charge in [0.05, 0.1) is 11.2 Å². The van der Waals surface area contributed by atoms with Crippen LogP contribution in [0.15, 0.2) is 34.9 Å². The highest BCUT2D eigenvalue weighted by Crippen LogP contribution is 2.23. The van der Waals surface area contributed by atoms with Gasteiger partial charge in [-0.3, -0.25) is 10.1 Å². The average molecular weight is 268 g/mol. The molecule has 0 fully saturated rings. The maximum atomic E-state index is 10.8. The van der Waals surface area contributed by atoms with Gasteiger partial charge in [-0.2, -0.15) is 0 Å². The van der Waals surface area contributed by atoms with Crippen LogP contribution in [0.5, 0.6) is 0 Å². The van der Waals surface area contributed by atoms with Crippen LogP contribution in [-0.4, -0.2) is 16.5 Å². The Morgan fingerprint density at radius 2 is 2.28 bits per heavy atom. The van der Waals surface area contributed by atoms with Crippen LogP contribution in [0.3, 0.4) is 0 Å². The largest absolute Gasteiger partial charge is 0.469 e. The fourth-order valence-electron chi connectivity index (χ4n) is 1.46. The van der Waals surface area contributed by atoms with Gasteiger partial charge in [0.15, 0.2) is 0 Å². The Balaban J connectivity index is 2.03. The first-order valence-electron chi connectivity index (χ1n) is 5.24. The van der Waals surface area contributed by atoms with Gasteiger partial charge in [0.1, 0.15) is 10.9 Å². The summed E-state index contributed by atoms with van der Waals surface area (Å²) < 4.78 is 5.15. The standard InChI is InChI=1S/C11H10ClN3O3/c12-10-4-3-9(15(16)17)11(14-10)13-6-5-8-2-1-7-18-8/h1-4,7H,5-6H2,(H,13,14). The Bertz CT molecular complexity index is 542. The Hall–Kier alpha value is -2.08. The van der Waals surface area contributed by atoms with Gasteiger partial charge in [-0.15, -0.1) is 0 Å². The van der Waals surface area contributed by atoms with Crippen molar-refractivity contribution in [1.82, 2.24) is 4.98 Å². The Labute approximate surface area is 108 Å². The van der Waals surface area contributed by atoms with Crippen LogP contribution < -0.4 is 5.32 Å². The minimum absolute atomic E-state index is 0.0983. The molecule has 2 aromatic heterocycles. The highest BCUT2D eigenvalue weighted by Gasteiger charge is 2.15. The predicted molar refractivity (Wildman–Crippen MR) is 66.8 cm³/mol. The molecule has 0 atom stereocenters. The zero-order valence-electron chi connectivity index (χ0n) is 9.30. The molecule has 0 bridgehead atoms. The van der Waals surface area contributed by atoms with Crippen molar-refractivity contribution in [3.63, 3.8) is 0 Å². The average Bonchev–Trinajstić information content (AvgIpc) is 2.82. The number of nitro groups is 1. The summed E-state index contributed by atoms with van der Waals surface area (Å²) in [6.07, 6.45) is 2.19. The van der Waals surface area contributed by atoms with Gasteiger partial charge in [0, 0.05) is 19.0 Å². The summed E-state index contributed by atoms with van der Waals surface area (Å²) in [6.45, 7) is 0.474. The van der Waals surface area contributed by atoms with Gasteiger partial charge in [0.2, 0.25) is 5.82 Å². The molecule has 1 N–H and O–H groups in total. The Morgan fingerprint density at radius 1 is 1.44 bits per heavy atom. The van der Waals surface area contributed by atoms with E-state index >= 15 is 0 Å². The molecule has 2 rings (SSSR count). The number of hydrogen-bond donors (Lipinski definition) is 1. The van der Waals surface area contributed by atoms with E-state index in [0.717, 1.165) is 5.76 Å². The number of rotatable bonds is 5. The highest BCUT2D eigenvalue weighted by atomic mass is 35.5. The van der Waals surface area contributed by atoms with E-state index in [4.69, 9.17) is 16.0 Å². The monoisotopic (exact) mass is 267 g/mol. The Kier molecular flexibility index (Phi) is 3.78. The first-order valence-corrected chi connectivity index (χ1v) is 5.62. The van der Waals surface area contributed by atoms with E-state index in [-0.39, 0.29) is 16.7 Å². The van der Waals surface area contributed by atoms with Crippen LogP contribution in [0.25, 0.3) is 0 Å². The number of nitrogens with one attached hydrogen (secondary N) is 1. The van der Waals surface area contributed by atoms with Crippen molar-refractivity contribution < 1.29 is 9.34 Å². The molecular weight excluding hydrogens is 258 g/mol. The third kappa shape index (κ3) is 2.98. The highest BCUT2D eigenvalue weighted by molar-refractivity contribution is 6.29. The van der Waals surface area contributed by atoms with Crippen LogP contribution in [0.4, 0.5) is 11.5 Å². The molecule has 0 saturated heterocycles. The number of furan rings is 1. The van der Waals surface area contributed by atoms with Crippen molar-refractivity contribution in [3.8, 4) is 0 Å². The molecule has 0 radical (unpaired) electrons. The molecule has 0 spiro atoms. The zero-order valence-corrected chi connectivity index (χ0v) is 10.1. The summed E-state index contributed by atoms with van der Waals surface area (Å²) in [7, 11) is 0. The van der Waals surface area contributed by atoms with Crippen molar-refractivity contribution in [2.24, 2.45) is 0 Å². The van der Waals surface area contributed by atoms with Gasteiger partial charge in [0.25, 0.3) is 0 Å². The van der Waals surface area contributed by atoms with E-state index in [1.54, 1.807) is 12.3 Å². The van der Waals surface area contributed by atoms with Crippen molar-refractivity contribution >= 4 is 23.1 Å². The molecule has 18 heavy (non-hydrogen) atoms. The summed E-state index contributed by atoms with van der Waals surface area (Å²) in [4.78, 5) is 14.2. The number of anilines is 1. The lowest BCUT2D eigenvalue weighted by Crippen LogP contribution is -2.08. The summed E-state index contributed by atoms with van der Waals surface area (Å²) in [6, 6.07) is 6.33. The number of pyridine rings is 1. The minimum atomic E-state index is -0.501. The third-order valence-corrected chi connectivity index (χ3v) is 2.49. The minimum Gasteiger partial charge on any atom is -0.469 e. The first-order chi connectivity index (χ1) is 8.66. The van der Waals surface area contributed by atoms with E-state index in [9.17, 15) is 10.1 Å². The predicted octanol–water partition coefficient (Wildman–Crippen LogP) is 2.89. The first kappa shape index (κ1) is 12.4. The van der Waals surface area contributed by atoms with Crippen molar-refractivity contribution in [3.05, 3.63) is 51.6 Å². The number of hydrogen-bond acceptors (Lipinski definition) is 5. The van der Waals surface area contributed by atoms with Crippen LogP contribution in [0.1, 0.15) is 5.76 Å². The molecule has 0 amide bonds. The van der Waals surface area contributed by atoms with Gasteiger partial charge >= 0.3 is 5.69 Å². The van der Waals surface area contributed by atoms with Gasteiger partial charge in [-0.05, 0) is 18.2 Å². The maximum Gasteiger partial charge on any atom is 0.311 e. The quantitative estimate of drug-likeness (QED) is 0.512. The van der Waals surface area contributed by atoms with Gasteiger partial charge < -0.3 is 9.73 Å². The fraction of sp³-hybridized carbons (Fsp3) is 0.182. The molecule has 7 heteroatoms. The molecule has 2 heterocycles. The van der Waals surface area contributed by atoms with E-state index in [1.807, 2.05) is 6.07 Å². The lowest BCUT2D eigenvalue weighted by molar-refractivity contribution is -0.384. The van der Waals surface area contributed by atoms with E-state index < -0.39 is 4.92 Å². The molecule has 94 valence electrons. The lowest BCUT2D eigenvalue weighted by atomic mass is 10.3. The molecule has 0 aliphatic rings. The van der Waals surface area contributed by atoms with Gasteiger partial charge in [-0.1, -0.05) is 11.6 Å². The molecule has 0 saturated carbocycles. The zero-order chi connectivity index (χ0) is 13.0. The molecule has 0 aliphatic heterocycles. The summed E-state index contributed by atoms with van der Waals surface area (Å²) in [5, 5.41) is 13.9. The number of aromatic nitrogens is 1. The molecule has 0 aromatic carbocycles. The van der Waals surface area contributed by atoms with Crippen molar-refractivity contribution in [2.75, 3.05) is 11.9 Å². The molecule has 0 aliphatic carbocycles. The van der Waals surface area contributed by atoms with E-state index in [2.05, 4.69) is 10.3 Å². The second kappa shape index (κ2) is 5.50. The van der Waals surface area contributed by atoms with Gasteiger partial charge in [-0.25, -0.2) is 4.98 Å². The molecule has 6 nitrogen and oxygen atoms in total. The van der Waals surface area contributed by atoms with Crippen molar-refractivity contribution in [2.45, 2.75) is 6.42 Å². The smallest absolute Gasteiger partial charge is 0.311 e. The van der Waals surface area contributed by atoms with E-state index in [0.29, 0.717) is 13.0 Å². The lowest BCUT2D eigenvalue weighted by Gasteiger charge is -2.05. The SMILES string of the molecule is O=[N+]([O-])c1ccc(Cl)nc1NCCc1ccco1. The second-order valence-electron chi connectivity index (χ2n) is 3.51. The fourth-order valence-corrected chi connectivity index (χ4v) is 1.61. The van der Waals surface area contributed by atoms with Crippen LogP contribution in [0.2, 0.25) is 5.15 Å². The second-order valence-corrected chi connectivity index (χ2v) is 3.90. The number of nitrogens with zero attached hydrogens (tertiary/aromatic N) is 2. The molecular formula is C11H10ClN3O3. The Morgan fingerprint density at radius 3 is 2.94 bits per heavy atom. The number of halogens is 1. The molecule has 0 unspecified atom stereocenters. The summed E-state index contributed by atoms with van der Waals surface area (Å²) >= 11 is 5.71.